The monoisotopic (exact) mass is 419 g/mol. The highest BCUT2D eigenvalue weighted by molar-refractivity contribution is 6.06. The van der Waals surface area contributed by atoms with Crippen molar-refractivity contribution >= 4 is 28.5 Å². The van der Waals surface area contributed by atoms with Gasteiger partial charge in [-0.1, -0.05) is 18.2 Å². The summed E-state index contributed by atoms with van der Waals surface area (Å²) in [5, 5.41) is 3.69. The maximum absolute atomic E-state index is 12.9. The van der Waals surface area contributed by atoms with Gasteiger partial charge in [-0.2, -0.15) is 0 Å². The van der Waals surface area contributed by atoms with Gasteiger partial charge in [-0.3, -0.25) is 14.6 Å². The number of carbonyl (C=O) groups excluding carboxylic acids is 2. The lowest BCUT2D eigenvalue weighted by molar-refractivity contribution is 0.0791. The van der Waals surface area contributed by atoms with Crippen LogP contribution >= 0.6 is 0 Å². The molecule has 0 bridgehead atoms. The first-order valence-corrected chi connectivity index (χ1v) is 10.2. The predicted molar refractivity (Wildman–Crippen MR) is 118 cm³/mol. The number of nitrogens with one attached hydrogen (secondary N) is 1. The van der Waals surface area contributed by atoms with Crippen LogP contribution in [-0.2, 0) is 4.74 Å². The third-order valence-electron chi connectivity index (χ3n) is 5.54. The number of hydrogen-bond donors (Lipinski definition) is 2. The van der Waals surface area contributed by atoms with Gasteiger partial charge in [0.2, 0.25) is 0 Å². The van der Waals surface area contributed by atoms with Gasteiger partial charge in [-0.25, -0.2) is 4.98 Å². The number of nitrogens with zero attached hydrogens (tertiary/aromatic N) is 3. The number of anilines is 1. The van der Waals surface area contributed by atoms with Crippen LogP contribution in [0.15, 0.2) is 48.7 Å². The van der Waals surface area contributed by atoms with E-state index in [1.165, 1.54) is 0 Å². The van der Waals surface area contributed by atoms with Crippen LogP contribution in [0.5, 0.6) is 0 Å². The first kappa shape index (κ1) is 20.7. The normalized spacial score (nSPS) is 15.9. The number of benzene rings is 1. The Hall–Kier alpha value is -3.52. The molecule has 1 saturated heterocycles. The van der Waals surface area contributed by atoms with Crippen LogP contribution in [0.2, 0.25) is 0 Å². The van der Waals surface area contributed by atoms with Crippen molar-refractivity contribution in [3.63, 3.8) is 0 Å². The average Bonchev–Trinajstić information content (AvgIpc) is 3.29. The minimum absolute atomic E-state index is 0.0389. The molecule has 31 heavy (non-hydrogen) atoms. The Balaban J connectivity index is 1.59. The van der Waals surface area contributed by atoms with Crippen LogP contribution in [0.25, 0.3) is 10.9 Å². The quantitative estimate of drug-likeness (QED) is 0.593. The summed E-state index contributed by atoms with van der Waals surface area (Å²) in [4.78, 5) is 36.3. The number of rotatable bonds is 6. The first-order valence-electron chi connectivity index (χ1n) is 10.2. The van der Waals surface area contributed by atoms with E-state index >= 15 is 0 Å². The molecular formula is C23H25N5O3. The van der Waals surface area contributed by atoms with E-state index in [4.69, 9.17) is 15.5 Å². The Morgan fingerprint density at radius 1 is 1.23 bits per heavy atom. The number of para-hydroxylation sites is 1. The zero-order valence-corrected chi connectivity index (χ0v) is 17.4. The number of nitrogen functional groups attached to an aromatic ring is 1. The number of methoxy groups -OCH3 is 1. The van der Waals surface area contributed by atoms with Crippen molar-refractivity contribution in [3.05, 3.63) is 65.5 Å². The van der Waals surface area contributed by atoms with Gasteiger partial charge in [-0.05, 0) is 30.7 Å². The number of ether oxygens (including phenoxy) is 1. The zero-order valence-electron chi connectivity index (χ0n) is 17.4. The Labute approximate surface area is 180 Å². The lowest BCUT2D eigenvalue weighted by Gasteiger charge is -2.18. The van der Waals surface area contributed by atoms with Crippen LogP contribution in [-0.4, -0.2) is 60.0 Å². The second-order valence-electron chi connectivity index (χ2n) is 7.53. The number of amides is 2. The SMILES string of the molecule is COCCNC(=O)c1cc([C@@H]2CCN(C(=O)c3cccnc3N)C2)nc2ccccc12. The highest BCUT2D eigenvalue weighted by Gasteiger charge is 2.30. The van der Waals surface area contributed by atoms with Crippen molar-refractivity contribution < 1.29 is 14.3 Å². The van der Waals surface area contributed by atoms with E-state index in [1.807, 2.05) is 30.3 Å². The summed E-state index contributed by atoms with van der Waals surface area (Å²) in [7, 11) is 1.60. The molecule has 1 atom stereocenters. The molecule has 0 radical (unpaired) electrons. The summed E-state index contributed by atoms with van der Waals surface area (Å²) in [5.74, 6) is -0.0239. The summed E-state index contributed by atoms with van der Waals surface area (Å²) < 4.78 is 5.02. The molecule has 1 aliphatic rings. The van der Waals surface area contributed by atoms with E-state index in [9.17, 15) is 9.59 Å². The van der Waals surface area contributed by atoms with E-state index < -0.39 is 0 Å². The van der Waals surface area contributed by atoms with Crippen molar-refractivity contribution in [2.45, 2.75) is 12.3 Å². The molecule has 160 valence electrons. The molecule has 1 aromatic carbocycles. The third-order valence-corrected chi connectivity index (χ3v) is 5.54. The predicted octanol–water partition coefficient (Wildman–Crippen LogP) is 2.22. The third kappa shape index (κ3) is 4.34. The van der Waals surface area contributed by atoms with Crippen molar-refractivity contribution in [1.82, 2.24) is 20.2 Å². The molecule has 3 N–H and O–H groups in total. The van der Waals surface area contributed by atoms with Gasteiger partial charge in [0.25, 0.3) is 11.8 Å². The zero-order chi connectivity index (χ0) is 21.8. The Morgan fingerprint density at radius 2 is 2.06 bits per heavy atom. The van der Waals surface area contributed by atoms with Gasteiger partial charge >= 0.3 is 0 Å². The molecular weight excluding hydrogens is 394 g/mol. The van der Waals surface area contributed by atoms with Gasteiger partial charge in [0.15, 0.2) is 0 Å². The lowest BCUT2D eigenvalue weighted by atomic mass is 9.99. The smallest absolute Gasteiger partial charge is 0.257 e. The molecule has 0 unspecified atom stereocenters. The topological polar surface area (TPSA) is 110 Å². The fourth-order valence-electron chi connectivity index (χ4n) is 3.91. The number of aromatic nitrogens is 2. The largest absolute Gasteiger partial charge is 0.383 e. The van der Waals surface area contributed by atoms with E-state index in [1.54, 1.807) is 30.3 Å². The van der Waals surface area contributed by atoms with Crippen LogP contribution in [0, 0.1) is 0 Å². The molecule has 3 aromatic rings. The summed E-state index contributed by atoms with van der Waals surface area (Å²) >= 11 is 0. The van der Waals surface area contributed by atoms with Gasteiger partial charge in [0, 0.05) is 49.9 Å². The fourth-order valence-corrected chi connectivity index (χ4v) is 3.91. The van der Waals surface area contributed by atoms with Crippen molar-refractivity contribution in [2.75, 3.05) is 39.1 Å². The lowest BCUT2D eigenvalue weighted by Crippen LogP contribution is -2.29. The van der Waals surface area contributed by atoms with Gasteiger partial charge in [0.05, 0.1) is 23.3 Å². The highest BCUT2D eigenvalue weighted by atomic mass is 16.5. The Kier molecular flexibility index (Phi) is 6.08. The van der Waals surface area contributed by atoms with E-state index in [0.29, 0.717) is 37.4 Å². The number of hydrogen-bond acceptors (Lipinski definition) is 6. The van der Waals surface area contributed by atoms with Crippen molar-refractivity contribution in [1.29, 1.82) is 0 Å². The summed E-state index contributed by atoms with van der Waals surface area (Å²) in [6.07, 6.45) is 2.33. The molecule has 2 amide bonds. The summed E-state index contributed by atoms with van der Waals surface area (Å²) in [5.41, 5.74) is 8.44. The van der Waals surface area contributed by atoms with Gasteiger partial charge in [0.1, 0.15) is 5.82 Å². The average molecular weight is 419 g/mol. The maximum atomic E-state index is 12.9. The highest BCUT2D eigenvalue weighted by Crippen LogP contribution is 2.30. The minimum atomic E-state index is -0.161. The Morgan fingerprint density at radius 3 is 2.87 bits per heavy atom. The van der Waals surface area contributed by atoms with E-state index in [-0.39, 0.29) is 23.6 Å². The van der Waals surface area contributed by atoms with Gasteiger partial charge in [-0.15, -0.1) is 0 Å². The molecule has 2 aromatic heterocycles. The number of fused-ring (bicyclic) bond motifs is 1. The second kappa shape index (κ2) is 9.09. The van der Waals surface area contributed by atoms with Crippen molar-refractivity contribution in [3.8, 4) is 0 Å². The number of pyridine rings is 2. The standard InChI is InChI=1S/C23H25N5O3/c1-31-12-10-26-22(29)18-13-20(27-19-7-3-2-5-16(18)19)15-8-11-28(14-15)23(30)17-6-4-9-25-21(17)24/h2-7,9,13,15H,8,10-12,14H2,1H3,(H2,24,25)(H,26,29)/t15-/m1/s1. The van der Waals surface area contributed by atoms with Crippen LogP contribution in [0.4, 0.5) is 5.82 Å². The molecule has 8 heteroatoms. The first-order chi connectivity index (χ1) is 15.1. The number of likely N-dealkylation sites (tertiary alicyclic amines) is 1. The molecule has 3 heterocycles. The minimum Gasteiger partial charge on any atom is -0.383 e. The van der Waals surface area contributed by atoms with E-state index in [2.05, 4.69) is 10.3 Å². The molecule has 0 saturated carbocycles. The van der Waals surface area contributed by atoms with E-state index in [0.717, 1.165) is 23.0 Å². The maximum Gasteiger partial charge on any atom is 0.257 e. The fraction of sp³-hybridized carbons (Fsp3) is 0.304. The molecule has 1 aliphatic heterocycles. The number of carbonyl (C=O) groups is 2. The summed E-state index contributed by atoms with van der Waals surface area (Å²) in [6.45, 7) is 1.99. The van der Waals surface area contributed by atoms with Crippen molar-refractivity contribution in [2.24, 2.45) is 0 Å². The van der Waals surface area contributed by atoms with Crippen LogP contribution in [0.1, 0.15) is 38.7 Å². The second-order valence-corrected chi connectivity index (χ2v) is 7.53. The molecule has 4 rings (SSSR count). The molecule has 1 fully saturated rings. The number of nitrogens with two attached hydrogens (primary N) is 1. The molecule has 8 nitrogen and oxygen atoms in total. The Bertz CT molecular complexity index is 1120. The molecule has 0 aliphatic carbocycles. The van der Waals surface area contributed by atoms with Gasteiger partial charge < -0.3 is 20.7 Å². The molecule has 0 spiro atoms. The van der Waals surface area contributed by atoms with Crippen LogP contribution < -0.4 is 11.1 Å². The summed E-state index contributed by atoms with van der Waals surface area (Å²) in [6, 6.07) is 12.8. The van der Waals surface area contributed by atoms with Crippen LogP contribution in [0.3, 0.4) is 0 Å².